The molecule has 0 saturated carbocycles. The Hall–Kier alpha value is -2.29. The monoisotopic (exact) mass is 365 g/mol. The van der Waals surface area contributed by atoms with Crippen molar-refractivity contribution in [2.45, 2.75) is 65.2 Å². The molecule has 0 spiro atoms. The highest BCUT2D eigenvalue weighted by molar-refractivity contribution is 6.05. The maximum atomic E-state index is 12.8. The minimum absolute atomic E-state index is 0.0775. The van der Waals surface area contributed by atoms with Crippen molar-refractivity contribution in [1.29, 1.82) is 0 Å². The van der Waals surface area contributed by atoms with E-state index in [0.29, 0.717) is 12.2 Å². The average Bonchev–Trinajstić information content (AvgIpc) is 2.86. The van der Waals surface area contributed by atoms with E-state index in [1.807, 2.05) is 31.2 Å². The van der Waals surface area contributed by atoms with Crippen LogP contribution in [0.1, 0.15) is 74.0 Å². The molecule has 2 aromatic rings. The van der Waals surface area contributed by atoms with Gasteiger partial charge in [-0.2, -0.15) is 0 Å². The second-order valence-corrected chi connectivity index (χ2v) is 8.39. The molecule has 0 unspecified atom stereocenters. The fourth-order valence-electron chi connectivity index (χ4n) is 3.63. The first-order valence-corrected chi connectivity index (χ1v) is 10.1. The van der Waals surface area contributed by atoms with Gasteiger partial charge in [0.05, 0.1) is 12.3 Å². The maximum Gasteiger partial charge on any atom is 0.255 e. The molecule has 0 atom stereocenters. The summed E-state index contributed by atoms with van der Waals surface area (Å²) in [5.74, 6) is 0.683. The molecular formula is C24H31NO2. The first-order chi connectivity index (χ1) is 12.9. The highest BCUT2D eigenvalue weighted by atomic mass is 16.5. The fraction of sp³-hybridized carbons (Fsp3) is 0.458. The molecule has 3 heteroatoms. The Bertz CT molecular complexity index is 800. The van der Waals surface area contributed by atoms with Gasteiger partial charge in [0.25, 0.3) is 5.91 Å². The molecule has 144 valence electrons. The fourth-order valence-corrected chi connectivity index (χ4v) is 3.63. The summed E-state index contributed by atoms with van der Waals surface area (Å²) in [5.41, 5.74) is 5.45. The van der Waals surface area contributed by atoms with Crippen LogP contribution in [-0.2, 0) is 18.3 Å². The quantitative estimate of drug-likeness (QED) is 0.685. The van der Waals surface area contributed by atoms with Crippen molar-refractivity contribution in [2.75, 3.05) is 11.9 Å². The number of aryl methyl sites for hydroxylation is 2. The number of anilines is 1. The number of amides is 1. The van der Waals surface area contributed by atoms with E-state index in [1.54, 1.807) is 0 Å². The molecule has 0 saturated heterocycles. The van der Waals surface area contributed by atoms with E-state index in [4.69, 9.17) is 4.74 Å². The van der Waals surface area contributed by atoms with Crippen LogP contribution in [0.4, 0.5) is 5.69 Å². The third-order valence-electron chi connectivity index (χ3n) is 5.26. The van der Waals surface area contributed by atoms with Crippen LogP contribution in [-0.4, -0.2) is 12.5 Å². The number of carbonyl (C=O) groups is 1. The van der Waals surface area contributed by atoms with Crippen LogP contribution < -0.4 is 10.1 Å². The smallest absolute Gasteiger partial charge is 0.255 e. The van der Waals surface area contributed by atoms with Crippen molar-refractivity contribution in [3.8, 4) is 5.75 Å². The van der Waals surface area contributed by atoms with Gasteiger partial charge >= 0.3 is 0 Å². The van der Waals surface area contributed by atoms with Crippen LogP contribution in [0.3, 0.4) is 0 Å². The molecule has 2 aromatic carbocycles. The number of hydrogen-bond acceptors (Lipinski definition) is 2. The van der Waals surface area contributed by atoms with Crippen LogP contribution >= 0.6 is 0 Å². The number of hydrogen-bond donors (Lipinski definition) is 1. The van der Waals surface area contributed by atoms with E-state index in [1.165, 1.54) is 36.0 Å². The lowest BCUT2D eigenvalue weighted by molar-refractivity contribution is 0.102. The Balaban J connectivity index is 1.85. The summed E-state index contributed by atoms with van der Waals surface area (Å²) in [6.45, 7) is 9.08. The van der Waals surface area contributed by atoms with Gasteiger partial charge in [-0.15, -0.1) is 0 Å². The SMILES string of the molecule is CCOc1cc2c(cc1NC(=O)c1ccc(C(C)(C)C)cc1)CCCCC2. The summed E-state index contributed by atoms with van der Waals surface area (Å²) in [4.78, 5) is 12.8. The van der Waals surface area contributed by atoms with Crippen molar-refractivity contribution in [3.63, 3.8) is 0 Å². The second-order valence-electron chi connectivity index (χ2n) is 8.39. The van der Waals surface area contributed by atoms with E-state index < -0.39 is 0 Å². The zero-order valence-corrected chi connectivity index (χ0v) is 17.0. The van der Waals surface area contributed by atoms with E-state index in [2.05, 4.69) is 38.2 Å². The minimum atomic E-state index is -0.0926. The van der Waals surface area contributed by atoms with Gasteiger partial charge in [0, 0.05) is 5.56 Å². The average molecular weight is 366 g/mol. The summed E-state index contributed by atoms with van der Waals surface area (Å²) in [5, 5.41) is 3.08. The molecule has 3 nitrogen and oxygen atoms in total. The third-order valence-corrected chi connectivity index (χ3v) is 5.26. The van der Waals surface area contributed by atoms with Gasteiger partial charge in [-0.3, -0.25) is 4.79 Å². The lowest BCUT2D eigenvalue weighted by Gasteiger charge is -2.19. The molecule has 3 rings (SSSR count). The molecule has 0 fully saturated rings. The van der Waals surface area contributed by atoms with Gasteiger partial charge in [-0.05, 0) is 79.0 Å². The molecule has 1 N–H and O–H groups in total. The van der Waals surface area contributed by atoms with Crippen molar-refractivity contribution < 1.29 is 9.53 Å². The Morgan fingerprint density at radius 1 is 1.00 bits per heavy atom. The summed E-state index contributed by atoms with van der Waals surface area (Å²) < 4.78 is 5.83. The van der Waals surface area contributed by atoms with Gasteiger partial charge in [-0.1, -0.05) is 39.3 Å². The molecule has 1 aliphatic rings. The molecule has 0 heterocycles. The van der Waals surface area contributed by atoms with Gasteiger partial charge < -0.3 is 10.1 Å². The molecule has 0 radical (unpaired) electrons. The number of benzene rings is 2. The Morgan fingerprint density at radius 3 is 2.22 bits per heavy atom. The van der Waals surface area contributed by atoms with Gasteiger partial charge in [0.2, 0.25) is 0 Å². The van der Waals surface area contributed by atoms with E-state index in [0.717, 1.165) is 24.3 Å². The van der Waals surface area contributed by atoms with E-state index in [9.17, 15) is 4.79 Å². The Kier molecular flexibility index (Phi) is 5.88. The summed E-state index contributed by atoms with van der Waals surface area (Å²) in [7, 11) is 0. The van der Waals surface area contributed by atoms with Crippen LogP contribution in [0.15, 0.2) is 36.4 Å². The lowest BCUT2D eigenvalue weighted by atomic mass is 9.86. The van der Waals surface area contributed by atoms with Crippen molar-refractivity contribution >= 4 is 11.6 Å². The third kappa shape index (κ3) is 4.71. The van der Waals surface area contributed by atoms with Crippen LogP contribution in [0.25, 0.3) is 0 Å². The molecular weight excluding hydrogens is 334 g/mol. The predicted molar refractivity (Wildman–Crippen MR) is 112 cm³/mol. The highest BCUT2D eigenvalue weighted by Gasteiger charge is 2.17. The first-order valence-electron chi connectivity index (χ1n) is 10.1. The molecule has 0 aromatic heterocycles. The van der Waals surface area contributed by atoms with Gasteiger partial charge in [0.1, 0.15) is 5.75 Å². The topological polar surface area (TPSA) is 38.3 Å². The Labute approximate surface area is 163 Å². The zero-order chi connectivity index (χ0) is 19.4. The van der Waals surface area contributed by atoms with E-state index in [-0.39, 0.29) is 11.3 Å². The summed E-state index contributed by atoms with van der Waals surface area (Å²) >= 11 is 0. The lowest BCUT2D eigenvalue weighted by Crippen LogP contribution is -2.15. The number of nitrogens with one attached hydrogen (secondary N) is 1. The zero-order valence-electron chi connectivity index (χ0n) is 17.0. The van der Waals surface area contributed by atoms with E-state index >= 15 is 0 Å². The number of ether oxygens (including phenoxy) is 1. The van der Waals surface area contributed by atoms with Crippen LogP contribution in [0, 0.1) is 0 Å². The molecule has 0 aliphatic heterocycles. The van der Waals surface area contributed by atoms with Gasteiger partial charge in [-0.25, -0.2) is 0 Å². The van der Waals surface area contributed by atoms with Crippen LogP contribution in [0.5, 0.6) is 5.75 Å². The highest BCUT2D eigenvalue weighted by Crippen LogP contribution is 2.33. The molecule has 27 heavy (non-hydrogen) atoms. The molecule has 1 aliphatic carbocycles. The largest absolute Gasteiger partial charge is 0.492 e. The first kappa shape index (κ1) is 19.5. The number of carbonyl (C=O) groups excluding carboxylic acids is 1. The van der Waals surface area contributed by atoms with Crippen molar-refractivity contribution in [1.82, 2.24) is 0 Å². The maximum absolute atomic E-state index is 12.8. The van der Waals surface area contributed by atoms with Crippen LogP contribution in [0.2, 0.25) is 0 Å². The summed E-state index contributed by atoms with van der Waals surface area (Å²) in [6.07, 6.45) is 5.87. The predicted octanol–water partition coefficient (Wildman–Crippen LogP) is 5.90. The van der Waals surface area contributed by atoms with Gasteiger partial charge in [0.15, 0.2) is 0 Å². The van der Waals surface area contributed by atoms with Crippen molar-refractivity contribution in [3.05, 3.63) is 58.7 Å². The Morgan fingerprint density at radius 2 is 1.63 bits per heavy atom. The number of fused-ring (bicyclic) bond motifs is 1. The number of rotatable bonds is 4. The van der Waals surface area contributed by atoms with Crippen molar-refractivity contribution in [2.24, 2.45) is 0 Å². The minimum Gasteiger partial charge on any atom is -0.492 e. The summed E-state index contributed by atoms with van der Waals surface area (Å²) in [6, 6.07) is 12.1. The second kappa shape index (κ2) is 8.16. The molecule has 0 bridgehead atoms. The molecule has 1 amide bonds. The standard InChI is InChI=1S/C24H31NO2/c1-5-27-22-16-19-10-8-6-7-9-18(19)15-21(22)25-23(26)17-11-13-20(14-12-17)24(2,3)4/h11-16H,5-10H2,1-4H3,(H,25,26). The normalized spacial score (nSPS) is 14.2.